The van der Waals surface area contributed by atoms with Crippen LogP contribution in [0, 0.1) is 0 Å². The quantitative estimate of drug-likeness (QED) is 0.913. The normalized spacial score (nSPS) is 14.9. The van der Waals surface area contributed by atoms with Crippen LogP contribution in [-0.2, 0) is 11.2 Å². The molecule has 0 saturated heterocycles. The monoisotopic (exact) mass is 265 g/mol. The lowest BCUT2D eigenvalue weighted by atomic mass is 9.98. The third-order valence-electron chi connectivity index (χ3n) is 2.90. The van der Waals surface area contributed by atoms with Gasteiger partial charge < -0.3 is 10.0 Å². The molecule has 1 N–H and O–H groups in total. The van der Waals surface area contributed by atoms with E-state index in [2.05, 4.69) is 0 Å². The van der Waals surface area contributed by atoms with Gasteiger partial charge in [0.1, 0.15) is 0 Å². The predicted molar refractivity (Wildman–Crippen MR) is 69.1 cm³/mol. The van der Waals surface area contributed by atoms with Crippen molar-refractivity contribution in [2.45, 2.75) is 12.8 Å². The Hall–Kier alpha value is -1.81. The highest BCUT2D eigenvalue weighted by Gasteiger charge is 2.23. The second kappa shape index (κ2) is 5.23. The Bertz CT molecular complexity index is 525. The van der Waals surface area contributed by atoms with Crippen molar-refractivity contribution in [2.75, 3.05) is 11.4 Å². The molecule has 0 bridgehead atoms. The molecule has 0 aromatic heterocycles. The van der Waals surface area contributed by atoms with E-state index in [1.165, 1.54) is 11.6 Å². The van der Waals surface area contributed by atoms with E-state index >= 15 is 0 Å². The van der Waals surface area contributed by atoms with E-state index in [0.29, 0.717) is 19.4 Å². The molecule has 5 heteroatoms. The molecule has 0 unspecified atom stereocenters. The van der Waals surface area contributed by atoms with Crippen molar-refractivity contribution in [3.63, 3.8) is 0 Å². The van der Waals surface area contributed by atoms with E-state index in [-0.39, 0.29) is 11.5 Å². The van der Waals surface area contributed by atoms with Crippen LogP contribution in [0.2, 0.25) is 0 Å². The minimum atomic E-state index is -0.957. The molecule has 0 saturated carbocycles. The van der Waals surface area contributed by atoms with Crippen LogP contribution in [0.15, 0.2) is 29.8 Å². The van der Waals surface area contributed by atoms with Gasteiger partial charge in [0.15, 0.2) is 0 Å². The Morgan fingerprint density at radius 3 is 2.89 bits per heavy atom. The Labute approximate surface area is 109 Å². The highest BCUT2D eigenvalue weighted by atomic mass is 35.5. The van der Waals surface area contributed by atoms with Crippen LogP contribution in [-0.4, -0.2) is 23.5 Å². The van der Waals surface area contributed by atoms with Crippen molar-refractivity contribution < 1.29 is 14.7 Å². The number of hydrogen-bond donors (Lipinski definition) is 1. The van der Waals surface area contributed by atoms with Gasteiger partial charge in [-0.1, -0.05) is 17.7 Å². The van der Waals surface area contributed by atoms with Crippen molar-refractivity contribution in [2.24, 2.45) is 0 Å². The zero-order valence-corrected chi connectivity index (χ0v) is 10.4. The van der Waals surface area contributed by atoms with Gasteiger partial charge in [-0.3, -0.25) is 4.79 Å². The maximum atomic E-state index is 11.8. The summed E-state index contributed by atoms with van der Waals surface area (Å²) in [6.07, 6.45) is 2.65. The highest BCUT2D eigenvalue weighted by molar-refractivity contribution is 6.25. The number of carboxylic acid groups (broad SMARTS) is 1. The number of aryl methyl sites for hydroxylation is 1. The van der Waals surface area contributed by atoms with Crippen molar-refractivity contribution in [3.05, 3.63) is 40.9 Å². The van der Waals surface area contributed by atoms with Crippen molar-refractivity contribution in [1.82, 2.24) is 0 Å². The Kier molecular flexibility index (Phi) is 3.67. The number of aromatic carboxylic acids is 1. The number of anilines is 1. The van der Waals surface area contributed by atoms with Crippen LogP contribution >= 0.6 is 11.6 Å². The Morgan fingerprint density at radius 2 is 2.22 bits per heavy atom. The van der Waals surface area contributed by atoms with E-state index in [4.69, 9.17) is 16.7 Å². The molecule has 1 aromatic carbocycles. The molecule has 1 aliphatic heterocycles. The number of halogens is 1. The minimum Gasteiger partial charge on any atom is -0.478 e. The van der Waals surface area contributed by atoms with Gasteiger partial charge in [-0.2, -0.15) is 0 Å². The number of nitrogens with zero attached hydrogens (tertiary/aromatic N) is 1. The fraction of sp³-hybridized carbons (Fsp3) is 0.231. The Morgan fingerprint density at radius 1 is 1.44 bits per heavy atom. The standard InChI is InChI=1S/C13H12ClNO3/c14-6-1-7-15-11-4-2-10(13(17)18)8-9(11)3-5-12(15)16/h1-2,4,6,8H,3,5,7H2,(H,17,18)/b6-1+. The molecule has 0 atom stereocenters. The van der Waals surface area contributed by atoms with Crippen LogP contribution < -0.4 is 4.90 Å². The van der Waals surface area contributed by atoms with Crippen LogP contribution in [0.3, 0.4) is 0 Å². The predicted octanol–water partition coefficient (Wildman–Crippen LogP) is 2.42. The molecule has 0 spiro atoms. The smallest absolute Gasteiger partial charge is 0.335 e. The van der Waals surface area contributed by atoms with E-state index in [1.807, 2.05) is 0 Å². The fourth-order valence-electron chi connectivity index (χ4n) is 2.04. The number of fused-ring (bicyclic) bond motifs is 1. The number of hydrogen-bond acceptors (Lipinski definition) is 2. The summed E-state index contributed by atoms with van der Waals surface area (Å²) >= 11 is 5.47. The molecule has 0 radical (unpaired) electrons. The SMILES string of the molecule is O=C(O)c1ccc2c(c1)CCC(=O)N2C/C=C/Cl. The van der Waals surface area contributed by atoms with Crippen LogP contribution in [0.4, 0.5) is 5.69 Å². The van der Waals surface area contributed by atoms with Crippen LogP contribution in [0.25, 0.3) is 0 Å². The first kappa shape index (κ1) is 12.6. The molecule has 1 heterocycles. The van der Waals surface area contributed by atoms with Gasteiger partial charge in [0.05, 0.1) is 5.56 Å². The lowest BCUT2D eigenvalue weighted by molar-refractivity contribution is -0.118. The molecule has 1 aromatic rings. The molecule has 0 fully saturated rings. The lowest BCUT2D eigenvalue weighted by Crippen LogP contribution is -2.35. The molecule has 1 amide bonds. The molecule has 2 rings (SSSR count). The molecule has 94 valence electrons. The first-order chi connectivity index (χ1) is 8.63. The third-order valence-corrected chi connectivity index (χ3v) is 3.08. The van der Waals surface area contributed by atoms with Gasteiger partial charge in [-0.05, 0) is 30.2 Å². The van der Waals surface area contributed by atoms with Crippen molar-refractivity contribution in [3.8, 4) is 0 Å². The summed E-state index contributed by atoms with van der Waals surface area (Å²) in [7, 11) is 0. The summed E-state index contributed by atoms with van der Waals surface area (Å²) in [6.45, 7) is 0.405. The summed E-state index contributed by atoms with van der Waals surface area (Å²) in [4.78, 5) is 24.3. The number of carbonyl (C=O) groups excluding carboxylic acids is 1. The summed E-state index contributed by atoms with van der Waals surface area (Å²) < 4.78 is 0. The minimum absolute atomic E-state index is 0.0281. The average Bonchev–Trinajstić information content (AvgIpc) is 2.37. The zero-order chi connectivity index (χ0) is 13.1. The van der Waals surface area contributed by atoms with Crippen LogP contribution in [0.1, 0.15) is 22.3 Å². The summed E-state index contributed by atoms with van der Waals surface area (Å²) in [5.74, 6) is -0.928. The van der Waals surface area contributed by atoms with Crippen molar-refractivity contribution in [1.29, 1.82) is 0 Å². The molecule has 0 aliphatic carbocycles. The van der Waals surface area contributed by atoms with E-state index in [0.717, 1.165) is 11.3 Å². The molecule has 1 aliphatic rings. The highest BCUT2D eigenvalue weighted by Crippen LogP contribution is 2.28. The third kappa shape index (κ3) is 2.38. The van der Waals surface area contributed by atoms with Gasteiger partial charge >= 0.3 is 5.97 Å². The number of carbonyl (C=O) groups is 2. The number of carboxylic acids is 1. The zero-order valence-electron chi connectivity index (χ0n) is 9.60. The van der Waals surface area contributed by atoms with Gasteiger partial charge in [0.2, 0.25) is 5.91 Å². The lowest BCUT2D eigenvalue weighted by Gasteiger charge is -2.28. The van der Waals surface area contributed by atoms with Crippen LogP contribution in [0.5, 0.6) is 0 Å². The van der Waals surface area contributed by atoms with E-state index < -0.39 is 5.97 Å². The van der Waals surface area contributed by atoms with Gasteiger partial charge in [0.25, 0.3) is 0 Å². The average molecular weight is 266 g/mol. The fourth-order valence-corrected chi connectivity index (χ4v) is 2.12. The van der Waals surface area contributed by atoms with Gasteiger partial charge in [-0.25, -0.2) is 4.79 Å². The Balaban J connectivity index is 2.38. The van der Waals surface area contributed by atoms with Gasteiger partial charge in [0, 0.05) is 24.2 Å². The van der Waals surface area contributed by atoms with Crippen molar-refractivity contribution >= 4 is 29.2 Å². The number of amides is 1. The summed E-state index contributed by atoms with van der Waals surface area (Å²) in [5.41, 5.74) is 3.27. The molecular formula is C13H12ClNO3. The van der Waals surface area contributed by atoms with E-state index in [1.54, 1.807) is 23.1 Å². The summed E-state index contributed by atoms with van der Waals surface area (Å²) in [5, 5.41) is 8.94. The second-order valence-corrected chi connectivity index (χ2v) is 4.27. The van der Waals surface area contributed by atoms with E-state index in [9.17, 15) is 9.59 Å². The van der Waals surface area contributed by atoms with Gasteiger partial charge in [-0.15, -0.1) is 0 Å². The summed E-state index contributed by atoms with van der Waals surface area (Å²) in [6, 6.07) is 4.82. The second-order valence-electron chi connectivity index (χ2n) is 4.01. The largest absolute Gasteiger partial charge is 0.478 e. The maximum absolute atomic E-state index is 11.8. The molecule has 4 nitrogen and oxygen atoms in total. The molecular weight excluding hydrogens is 254 g/mol. The number of benzene rings is 1. The topological polar surface area (TPSA) is 57.6 Å². The maximum Gasteiger partial charge on any atom is 0.335 e. The first-order valence-corrected chi connectivity index (χ1v) is 5.99. The number of rotatable bonds is 3. The first-order valence-electron chi connectivity index (χ1n) is 5.55. The molecule has 18 heavy (non-hydrogen) atoms.